The van der Waals surface area contributed by atoms with Crippen LogP contribution in [0.2, 0.25) is 0 Å². The largest absolute Gasteiger partial charge is 0.494 e. The van der Waals surface area contributed by atoms with E-state index >= 15 is 0 Å². The van der Waals surface area contributed by atoms with E-state index in [0.717, 1.165) is 47.1 Å². The van der Waals surface area contributed by atoms with E-state index in [-0.39, 0.29) is 0 Å². The third-order valence-corrected chi connectivity index (χ3v) is 5.71. The number of allylic oxidation sites excluding steroid dienone is 2. The third-order valence-electron chi connectivity index (χ3n) is 5.39. The number of nitrogens with one attached hydrogen (secondary N) is 1. The van der Waals surface area contributed by atoms with E-state index in [1.807, 2.05) is 30.6 Å². The second-order valence-corrected chi connectivity index (χ2v) is 8.21. The van der Waals surface area contributed by atoms with E-state index in [1.165, 1.54) is 51.4 Å². The summed E-state index contributed by atoms with van der Waals surface area (Å²) in [6.07, 6.45) is 19.5. The first kappa shape index (κ1) is 22.5. The Morgan fingerprint density at radius 1 is 0.867 bits per heavy atom. The number of thiol groups is 1. The van der Waals surface area contributed by atoms with Gasteiger partial charge in [-0.2, -0.15) is 12.6 Å². The molecule has 0 bridgehead atoms. The Labute approximate surface area is 186 Å². The van der Waals surface area contributed by atoms with Crippen LogP contribution in [0.25, 0.3) is 5.57 Å². The molecule has 0 saturated carbocycles. The summed E-state index contributed by atoms with van der Waals surface area (Å²) in [6, 6.07) is 12.5. The zero-order valence-electron chi connectivity index (χ0n) is 17.9. The van der Waals surface area contributed by atoms with Crippen molar-refractivity contribution in [3.05, 3.63) is 71.7 Å². The van der Waals surface area contributed by atoms with Gasteiger partial charge in [0.1, 0.15) is 5.75 Å². The van der Waals surface area contributed by atoms with Gasteiger partial charge in [0, 0.05) is 23.7 Å². The van der Waals surface area contributed by atoms with E-state index in [9.17, 15) is 0 Å². The molecule has 3 rings (SSSR count). The number of aliphatic imine (C=N–C) groups is 1. The van der Waals surface area contributed by atoms with Gasteiger partial charge in [-0.15, -0.1) is 0 Å². The van der Waals surface area contributed by atoms with Gasteiger partial charge in [0.05, 0.1) is 12.3 Å². The van der Waals surface area contributed by atoms with Crippen molar-refractivity contribution in [2.75, 3.05) is 12.4 Å². The third kappa shape index (κ3) is 7.24. The highest BCUT2D eigenvalue weighted by Crippen LogP contribution is 2.29. The number of ether oxygens (including phenoxy) is 1. The minimum absolute atomic E-state index is 0.791. The van der Waals surface area contributed by atoms with Crippen LogP contribution in [-0.2, 0) is 0 Å². The van der Waals surface area contributed by atoms with Gasteiger partial charge in [0.25, 0.3) is 0 Å². The molecule has 4 heteroatoms. The van der Waals surface area contributed by atoms with Gasteiger partial charge >= 0.3 is 0 Å². The molecule has 2 aromatic rings. The SMILES string of the molecule is SCCCCCCCCCCCOc1ccc(/C(=C2/C=CC=N2)c2ccc[nH]2)cc1. The van der Waals surface area contributed by atoms with Crippen LogP contribution < -0.4 is 4.74 Å². The van der Waals surface area contributed by atoms with E-state index in [4.69, 9.17) is 4.74 Å². The van der Waals surface area contributed by atoms with Crippen molar-refractivity contribution in [3.8, 4) is 5.75 Å². The predicted octanol–water partition coefficient (Wildman–Crippen LogP) is 7.23. The van der Waals surface area contributed by atoms with Crippen molar-refractivity contribution in [3.63, 3.8) is 0 Å². The van der Waals surface area contributed by atoms with Crippen LogP contribution in [0.1, 0.15) is 69.0 Å². The molecule has 0 aliphatic carbocycles. The molecule has 160 valence electrons. The normalized spacial score (nSPS) is 14.4. The Morgan fingerprint density at radius 3 is 2.17 bits per heavy atom. The smallest absolute Gasteiger partial charge is 0.119 e. The van der Waals surface area contributed by atoms with Gasteiger partial charge < -0.3 is 9.72 Å². The number of unbranched alkanes of at least 4 members (excludes halogenated alkanes) is 8. The van der Waals surface area contributed by atoms with E-state index in [0.29, 0.717) is 0 Å². The quantitative estimate of drug-likeness (QED) is 0.244. The van der Waals surface area contributed by atoms with Crippen molar-refractivity contribution in [1.29, 1.82) is 0 Å². The standard InChI is InChI=1S/C26H34N2OS/c30-21-9-7-5-3-1-2-4-6-8-20-29-23-16-14-22(15-17-23)26(24-12-10-18-27-24)25-13-11-19-28-25/h10-19,27,30H,1-9,20-21H2/b26-25+. The molecule has 0 saturated heterocycles. The molecule has 2 heterocycles. The molecule has 30 heavy (non-hydrogen) atoms. The molecule has 1 aromatic carbocycles. The van der Waals surface area contributed by atoms with Gasteiger partial charge in [-0.25, -0.2) is 0 Å². The van der Waals surface area contributed by atoms with Crippen molar-refractivity contribution >= 4 is 24.4 Å². The maximum Gasteiger partial charge on any atom is 0.119 e. The number of aromatic amines is 1. The molecule has 1 aliphatic heterocycles. The molecule has 1 aromatic heterocycles. The van der Waals surface area contributed by atoms with Gasteiger partial charge in [-0.3, -0.25) is 4.99 Å². The number of hydrogen-bond donors (Lipinski definition) is 2. The Hall–Kier alpha value is -2.20. The highest BCUT2D eigenvalue weighted by atomic mass is 32.1. The first-order valence-corrected chi connectivity index (χ1v) is 11.9. The number of aromatic nitrogens is 1. The summed E-state index contributed by atoms with van der Waals surface area (Å²) in [4.78, 5) is 7.79. The average Bonchev–Trinajstić information content (AvgIpc) is 3.48. The van der Waals surface area contributed by atoms with Crippen LogP contribution in [0.15, 0.2) is 65.4 Å². The first-order chi connectivity index (χ1) is 14.9. The fourth-order valence-electron chi connectivity index (χ4n) is 3.73. The van der Waals surface area contributed by atoms with E-state index in [2.05, 4.69) is 52.9 Å². The van der Waals surface area contributed by atoms with Crippen molar-refractivity contribution in [2.45, 2.75) is 57.8 Å². The summed E-state index contributed by atoms with van der Waals surface area (Å²) >= 11 is 4.26. The first-order valence-electron chi connectivity index (χ1n) is 11.3. The lowest BCUT2D eigenvalue weighted by Gasteiger charge is -2.10. The Morgan fingerprint density at radius 2 is 1.57 bits per heavy atom. The van der Waals surface area contributed by atoms with Crippen LogP contribution in [0.4, 0.5) is 0 Å². The Bertz CT molecular complexity index is 805. The zero-order valence-corrected chi connectivity index (χ0v) is 18.7. The average molecular weight is 423 g/mol. The van der Waals surface area contributed by atoms with Gasteiger partial charge in [-0.05, 0) is 60.6 Å². The van der Waals surface area contributed by atoms with Crippen LogP contribution in [-0.4, -0.2) is 23.6 Å². The van der Waals surface area contributed by atoms with Gasteiger partial charge in [-0.1, -0.05) is 57.1 Å². The summed E-state index contributed by atoms with van der Waals surface area (Å²) < 4.78 is 5.95. The molecule has 0 atom stereocenters. The minimum atomic E-state index is 0.791. The number of rotatable bonds is 14. The second-order valence-electron chi connectivity index (χ2n) is 7.76. The fraction of sp³-hybridized carbons (Fsp3) is 0.423. The zero-order chi connectivity index (χ0) is 20.9. The van der Waals surface area contributed by atoms with E-state index in [1.54, 1.807) is 0 Å². The predicted molar refractivity (Wildman–Crippen MR) is 132 cm³/mol. The molecule has 1 N–H and O–H groups in total. The minimum Gasteiger partial charge on any atom is -0.494 e. The lowest BCUT2D eigenvalue weighted by Crippen LogP contribution is -1.98. The summed E-state index contributed by atoms with van der Waals surface area (Å²) in [6.45, 7) is 0.791. The molecule has 0 radical (unpaired) electrons. The molecule has 0 unspecified atom stereocenters. The Kier molecular flexibility index (Phi) is 9.87. The number of benzene rings is 1. The maximum absolute atomic E-state index is 5.95. The molecule has 1 aliphatic rings. The summed E-state index contributed by atoms with van der Waals surface area (Å²) in [5.41, 5.74) is 4.30. The monoisotopic (exact) mass is 422 g/mol. The van der Waals surface area contributed by atoms with Crippen molar-refractivity contribution < 1.29 is 4.74 Å². The maximum atomic E-state index is 5.95. The molecule has 0 spiro atoms. The summed E-state index contributed by atoms with van der Waals surface area (Å²) in [7, 11) is 0. The Balaban J connectivity index is 1.38. The summed E-state index contributed by atoms with van der Waals surface area (Å²) in [5, 5.41) is 0. The van der Waals surface area contributed by atoms with Crippen LogP contribution >= 0.6 is 12.6 Å². The van der Waals surface area contributed by atoms with Crippen LogP contribution in [0, 0.1) is 0 Å². The van der Waals surface area contributed by atoms with Crippen molar-refractivity contribution in [2.24, 2.45) is 4.99 Å². The van der Waals surface area contributed by atoms with Crippen molar-refractivity contribution in [1.82, 2.24) is 4.98 Å². The highest BCUT2D eigenvalue weighted by Gasteiger charge is 2.12. The van der Waals surface area contributed by atoms with E-state index < -0.39 is 0 Å². The molecule has 3 nitrogen and oxygen atoms in total. The fourth-order valence-corrected chi connectivity index (χ4v) is 3.96. The molecular formula is C26H34N2OS. The van der Waals surface area contributed by atoms with Crippen LogP contribution in [0.5, 0.6) is 5.75 Å². The second kappa shape index (κ2) is 13.2. The van der Waals surface area contributed by atoms with Gasteiger partial charge in [0.2, 0.25) is 0 Å². The van der Waals surface area contributed by atoms with Gasteiger partial charge in [0.15, 0.2) is 0 Å². The topological polar surface area (TPSA) is 37.4 Å². The summed E-state index contributed by atoms with van der Waals surface area (Å²) in [5.74, 6) is 1.96. The number of H-pyrrole nitrogens is 1. The van der Waals surface area contributed by atoms with Crippen LogP contribution in [0.3, 0.4) is 0 Å². The lowest BCUT2D eigenvalue weighted by molar-refractivity contribution is 0.304. The lowest BCUT2D eigenvalue weighted by atomic mass is 10.0. The molecule has 0 fully saturated rings. The number of nitrogens with zero attached hydrogens (tertiary/aromatic N) is 1. The highest BCUT2D eigenvalue weighted by molar-refractivity contribution is 7.80. The number of hydrogen-bond acceptors (Lipinski definition) is 3. The molecular weight excluding hydrogens is 388 g/mol. The molecule has 0 amide bonds.